The van der Waals surface area contributed by atoms with Crippen molar-refractivity contribution in [3.63, 3.8) is 0 Å². The molecular formula is C20H25NO. The molecule has 0 radical (unpaired) electrons. The molecule has 1 aromatic rings. The molecule has 4 aliphatic rings. The molecule has 5 rings (SSSR count). The van der Waals surface area contributed by atoms with Crippen molar-refractivity contribution in [3.8, 4) is 0 Å². The summed E-state index contributed by atoms with van der Waals surface area (Å²) in [6, 6.07) is 11.0. The maximum atomic E-state index is 12.9. The van der Waals surface area contributed by atoms with Gasteiger partial charge in [-0.3, -0.25) is 4.79 Å². The lowest BCUT2D eigenvalue weighted by molar-refractivity contribution is -0.148. The molecule has 2 unspecified atom stereocenters. The van der Waals surface area contributed by atoms with E-state index in [-0.39, 0.29) is 16.7 Å². The summed E-state index contributed by atoms with van der Waals surface area (Å²) in [4.78, 5) is 12.9. The molecule has 2 nitrogen and oxygen atoms in total. The summed E-state index contributed by atoms with van der Waals surface area (Å²) in [5, 5.41) is 3.10. The summed E-state index contributed by atoms with van der Waals surface area (Å²) in [7, 11) is 0. The van der Waals surface area contributed by atoms with Crippen LogP contribution in [0.5, 0.6) is 0 Å². The highest BCUT2D eigenvalue weighted by Crippen LogP contribution is 2.65. The number of nitrogens with one attached hydrogen (secondary N) is 1. The van der Waals surface area contributed by atoms with Crippen LogP contribution in [0.25, 0.3) is 0 Å². The van der Waals surface area contributed by atoms with Crippen molar-refractivity contribution in [3.05, 3.63) is 48.6 Å². The predicted molar refractivity (Wildman–Crippen MR) is 88.4 cm³/mol. The Morgan fingerprint density at radius 3 is 2.50 bits per heavy atom. The number of benzene rings is 1. The summed E-state index contributed by atoms with van der Waals surface area (Å²) in [5.41, 5.74) is 1.59. The average molecular weight is 295 g/mol. The van der Waals surface area contributed by atoms with Gasteiger partial charge in [-0.15, -0.1) is 6.58 Å². The zero-order valence-electron chi connectivity index (χ0n) is 13.2. The molecule has 0 heterocycles. The van der Waals surface area contributed by atoms with Crippen LogP contribution in [-0.4, -0.2) is 12.5 Å². The third kappa shape index (κ3) is 2.04. The smallest absolute Gasteiger partial charge is 0.226 e. The maximum Gasteiger partial charge on any atom is 0.226 e. The third-order valence-corrected chi connectivity index (χ3v) is 6.34. The summed E-state index contributed by atoms with van der Waals surface area (Å²) in [5.74, 6) is 1.74. The molecule has 0 aliphatic heterocycles. The Kier molecular flexibility index (Phi) is 3.18. The van der Waals surface area contributed by atoms with Gasteiger partial charge >= 0.3 is 0 Å². The minimum Gasteiger partial charge on any atom is -0.352 e. The van der Waals surface area contributed by atoms with Gasteiger partial charge in [0.05, 0.1) is 5.41 Å². The normalized spacial score (nSPS) is 38.7. The van der Waals surface area contributed by atoms with Gasteiger partial charge in [-0.1, -0.05) is 36.4 Å². The van der Waals surface area contributed by atoms with Crippen LogP contribution in [0.15, 0.2) is 43.0 Å². The number of carbonyl (C=O) groups excluding carboxylic acids is 1. The van der Waals surface area contributed by atoms with Crippen molar-refractivity contribution in [1.82, 2.24) is 5.32 Å². The van der Waals surface area contributed by atoms with Crippen molar-refractivity contribution >= 4 is 5.91 Å². The van der Waals surface area contributed by atoms with E-state index in [0.29, 0.717) is 6.54 Å². The van der Waals surface area contributed by atoms with Crippen LogP contribution in [0, 0.1) is 17.3 Å². The second kappa shape index (κ2) is 4.97. The first-order valence-electron chi connectivity index (χ1n) is 8.61. The Morgan fingerprint density at radius 1 is 1.18 bits per heavy atom. The highest BCUT2D eigenvalue weighted by molar-refractivity contribution is 5.83. The van der Waals surface area contributed by atoms with Gasteiger partial charge < -0.3 is 5.32 Å². The zero-order chi connectivity index (χ0) is 15.2. The molecule has 4 saturated carbocycles. The number of hydrogen-bond donors (Lipinski definition) is 1. The molecule has 1 amide bonds. The second-order valence-electron chi connectivity index (χ2n) is 7.89. The minimum atomic E-state index is -0.122. The van der Waals surface area contributed by atoms with Gasteiger partial charge in [0.15, 0.2) is 0 Å². The van der Waals surface area contributed by atoms with Gasteiger partial charge in [-0.2, -0.15) is 0 Å². The van der Waals surface area contributed by atoms with E-state index in [2.05, 4.69) is 42.2 Å². The van der Waals surface area contributed by atoms with Crippen LogP contribution in [0.3, 0.4) is 0 Å². The van der Waals surface area contributed by atoms with Crippen LogP contribution in [-0.2, 0) is 10.2 Å². The fourth-order valence-corrected chi connectivity index (χ4v) is 6.01. The van der Waals surface area contributed by atoms with Gasteiger partial charge in [0, 0.05) is 6.54 Å². The molecule has 0 saturated heterocycles. The average Bonchev–Trinajstić information content (AvgIpc) is 2.52. The van der Waals surface area contributed by atoms with E-state index >= 15 is 0 Å². The van der Waals surface area contributed by atoms with Gasteiger partial charge in [0.25, 0.3) is 0 Å². The van der Waals surface area contributed by atoms with E-state index in [1.807, 2.05) is 0 Å². The number of amides is 1. The molecule has 4 bridgehead atoms. The van der Waals surface area contributed by atoms with Crippen LogP contribution < -0.4 is 5.32 Å². The Hall–Kier alpha value is -1.57. The van der Waals surface area contributed by atoms with E-state index < -0.39 is 0 Å². The first kappa shape index (κ1) is 14.0. The topological polar surface area (TPSA) is 29.1 Å². The van der Waals surface area contributed by atoms with E-state index in [1.54, 1.807) is 6.08 Å². The van der Waals surface area contributed by atoms with Crippen LogP contribution >= 0.6 is 0 Å². The molecule has 22 heavy (non-hydrogen) atoms. The van der Waals surface area contributed by atoms with Gasteiger partial charge in [-0.25, -0.2) is 0 Å². The summed E-state index contributed by atoms with van der Waals surface area (Å²) in [6.07, 6.45) is 8.92. The maximum absolute atomic E-state index is 12.9. The monoisotopic (exact) mass is 295 g/mol. The van der Waals surface area contributed by atoms with Crippen molar-refractivity contribution in [1.29, 1.82) is 0 Å². The van der Waals surface area contributed by atoms with Crippen molar-refractivity contribution in [2.75, 3.05) is 6.54 Å². The molecule has 4 fully saturated rings. The molecule has 1 aromatic carbocycles. The highest BCUT2D eigenvalue weighted by Gasteiger charge is 2.60. The lowest BCUT2D eigenvalue weighted by Gasteiger charge is -2.61. The summed E-state index contributed by atoms with van der Waals surface area (Å²) >= 11 is 0. The predicted octanol–water partition coefficient (Wildman–Crippen LogP) is 3.83. The van der Waals surface area contributed by atoms with Crippen molar-refractivity contribution < 1.29 is 4.79 Å². The fraction of sp³-hybridized carbons (Fsp3) is 0.550. The summed E-state index contributed by atoms with van der Waals surface area (Å²) in [6.45, 7) is 4.32. The molecule has 0 aromatic heterocycles. The molecule has 4 aliphatic carbocycles. The zero-order valence-corrected chi connectivity index (χ0v) is 13.2. The Labute approximate surface area is 133 Å². The first-order valence-corrected chi connectivity index (χ1v) is 8.61. The number of carbonyl (C=O) groups is 1. The molecule has 0 spiro atoms. The van der Waals surface area contributed by atoms with Gasteiger partial charge in [-0.05, 0) is 61.3 Å². The molecule has 1 N–H and O–H groups in total. The molecule has 2 heteroatoms. The van der Waals surface area contributed by atoms with Gasteiger partial charge in [0.2, 0.25) is 5.91 Å². The highest BCUT2D eigenvalue weighted by atomic mass is 16.2. The quantitative estimate of drug-likeness (QED) is 0.840. The second-order valence-corrected chi connectivity index (χ2v) is 7.89. The Balaban J connectivity index is 1.69. The molecule has 116 valence electrons. The van der Waals surface area contributed by atoms with Crippen molar-refractivity contribution in [2.24, 2.45) is 17.3 Å². The first-order chi connectivity index (χ1) is 10.7. The standard InChI is InChI=1S/C20H25NO/c1-2-8-21-18(22)20-12-15-9-16(13-20)11-19(10-15,14-20)17-6-4-3-5-7-17/h2-7,15-16H,1,8-14H2,(H,21,22)/t15-,16+,19?,20?. The largest absolute Gasteiger partial charge is 0.352 e. The van der Waals surface area contributed by atoms with E-state index in [1.165, 1.54) is 24.8 Å². The Morgan fingerprint density at radius 2 is 1.86 bits per heavy atom. The molecular weight excluding hydrogens is 270 g/mol. The van der Waals surface area contributed by atoms with Gasteiger partial charge in [0.1, 0.15) is 0 Å². The lowest BCUT2D eigenvalue weighted by Crippen LogP contribution is -2.59. The van der Waals surface area contributed by atoms with Crippen LogP contribution in [0.2, 0.25) is 0 Å². The van der Waals surface area contributed by atoms with E-state index in [9.17, 15) is 4.79 Å². The Bertz CT molecular complexity index is 577. The van der Waals surface area contributed by atoms with E-state index in [4.69, 9.17) is 0 Å². The van der Waals surface area contributed by atoms with E-state index in [0.717, 1.165) is 31.1 Å². The summed E-state index contributed by atoms with van der Waals surface area (Å²) < 4.78 is 0. The lowest BCUT2D eigenvalue weighted by atomic mass is 9.42. The van der Waals surface area contributed by atoms with Crippen LogP contribution in [0.1, 0.15) is 44.1 Å². The number of hydrogen-bond acceptors (Lipinski definition) is 1. The SMILES string of the molecule is C=CCNC(=O)C12C[C@H]3C[C@@H](C1)CC(c1ccccc1)(C3)C2. The number of rotatable bonds is 4. The minimum absolute atomic E-state index is 0.122. The molecule has 4 atom stereocenters. The van der Waals surface area contributed by atoms with Crippen molar-refractivity contribution in [2.45, 2.75) is 43.9 Å². The third-order valence-electron chi connectivity index (χ3n) is 6.34. The fourth-order valence-electron chi connectivity index (χ4n) is 6.01. The van der Waals surface area contributed by atoms with Crippen LogP contribution in [0.4, 0.5) is 0 Å².